The minimum absolute atomic E-state index is 0.211. The van der Waals surface area contributed by atoms with Gasteiger partial charge >= 0.3 is 0 Å². The normalized spacial score (nSPS) is 23.7. The summed E-state index contributed by atoms with van der Waals surface area (Å²) in [6.45, 7) is 2.67. The van der Waals surface area contributed by atoms with Crippen LogP contribution in [0.4, 0.5) is 0 Å². The highest BCUT2D eigenvalue weighted by atomic mass is 16.1. The van der Waals surface area contributed by atoms with Crippen LogP contribution in [0.15, 0.2) is 30.3 Å². The molecule has 1 aliphatic carbocycles. The first kappa shape index (κ1) is 18.4. The third-order valence-corrected chi connectivity index (χ3v) is 5.69. The predicted molar refractivity (Wildman–Crippen MR) is 102 cm³/mol. The zero-order chi connectivity index (χ0) is 17.5. The highest BCUT2D eigenvalue weighted by Crippen LogP contribution is 2.35. The van der Waals surface area contributed by atoms with Crippen molar-refractivity contribution in [1.82, 2.24) is 10.2 Å². The molecule has 0 aromatic heterocycles. The van der Waals surface area contributed by atoms with Crippen molar-refractivity contribution in [3.05, 3.63) is 35.9 Å². The zero-order valence-corrected chi connectivity index (χ0v) is 15.3. The number of carbonyl (C=O) groups is 1. The maximum atomic E-state index is 12.3. The summed E-state index contributed by atoms with van der Waals surface area (Å²) >= 11 is 0. The molecule has 1 aliphatic heterocycles. The first-order chi connectivity index (χ1) is 12.3. The van der Waals surface area contributed by atoms with Gasteiger partial charge in [0.15, 0.2) is 0 Å². The number of nitrogens with one attached hydrogen (secondary N) is 1. The van der Waals surface area contributed by atoms with Crippen molar-refractivity contribution in [3.63, 3.8) is 0 Å². The van der Waals surface area contributed by atoms with E-state index in [1.807, 2.05) is 0 Å². The zero-order valence-electron chi connectivity index (χ0n) is 15.3. The molecule has 138 valence electrons. The Labute approximate surface area is 152 Å². The van der Waals surface area contributed by atoms with Crippen molar-refractivity contribution < 1.29 is 4.79 Å². The summed E-state index contributed by atoms with van der Waals surface area (Å²) < 4.78 is 0. The van der Waals surface area contributed by atoms with E-state index in [9.17, 15) is 4.79 Å². The quantitative estimate of drug-likeness (QED) is 0.642. The number of carbonyl (C=O) groups excluding carboxylic acids is 1. The molecule has 1 amide bonds. The van der Waals surface area contributed by atoms with Gasteiger partial charge in [-0.1, -0.05) is 30.3 Å². The summed E-state index contributed by atoms with van der Waals surface area (Å²) in [7, 11) is 0. The first-order valence-electron chi connectivity index (χ1n) is 10.0. The number of hydrogen-bond acceptors (Lipinski definition) is 3. The van der Waals surface area contributed by atoms with Crippen molar-refractivity contribution in [3.8, 4) is 0 Å². The average Bonchev–Trinajstić information content (AvgIpc) is 3.37. The van der Waals surface area contributed by atoms with E-state index in [1.54, 1.807) is 0 Å². The van der Waals surface area contributed by atoms with Crippen LogP contribution in [0, 0.1) is 5.92 Å². The first-order valence-corrected chi connectivity index (χ1v) is 10.0. The van der Waals surface area contributed by atoms with Crippen molar-refractivity contribution in [2.24, 2.45) is 11.7 Å². The van der Waals surface area contributed by atoms with Crippen LogP contribution in [-0.4, -0.2) is 42.5 Å². The number of nitrogens with zero attached hydrogens (tertiary/aromatic N) is 1. The average molecular weight is 344 g/mol. The molecule has 1 saturated carbocycles. The number of rotatable bonds is 10. The molecule has 3 N–H and O–H groups in total. The maximum Gasteiger partial charge on any atom is 0.221 e. The van der Waals surface area contributed by atoms with Gasteiger partial charge in [0.25, 0.3) is 0 Å². The largest absolute Gasteiger partial charge is 0.356 e. The summed E-state index contributed by atoms with van der Waals surface area (Å²) in [5, 5.41) is 3.12. The molecule has 1 heterocycles. The van der Waals surface area contributed by atoms with Gasteiger partial charge < -0.3 is 11.1 Å². The number of likely N-dealkylation sites (tertiary alicyclic amines) is 1. The third kappa shape index (κ3) is 5.82. The number of benzene rings is 1. The smallest absolute Gasteiger partial charge is 0.221 e. The lowest BCUT2D eigenvalue weighted by atomic mass is 10.1. The number of aryl methyl sites for hydroxylation is 1. The van der Waals surface area contributed by atoms with Crippen LogP contribution in [0.1, 0.15) is 50.5 Å². The molecular weight excluding hydrogens is 310 g/mol. The second kappa shape index (κ2) is 9.35. The lowest BCUT2D eigenvalue weighted by molar-refractivity contribution is -0.122. The molecule has 0 bridgehead atoms. The number of amides is 1. The lowest BCUT2D eigenvalue weighted by Crippen LogP contribution is -2.43. The minimum atomic E-state index is 0.211. The van der Waals surface area contributed by atoms with Crippen LogP contribution in [0.3, 0.4) is 0 Å². The van der Waals surface area contributed by atoms with Crippen molar-refractivity contribution in [2.45, 2.75) is 63.5 Å². The van der Waals surface area contributed by atoms with E-state index in [0.29, 0.717) is 18.5 Å². The van der Waals surface area contributed by atoms with Gasteiger partial charge in [0, 0.05) is 38.1 Å². The monoisotopic (exact) mass is 343 g/mol. The molecule has 0 radical (unpaired) electrons. The molecule has 0 spiro atoms. The van der Waals surface area contributed by atoms with Gasteiger partial charge in [-0.3, -0.25) is 9.69 Å². The SMILES string of the molecule is NC[C@H]1CC[C@@H](CC(=O)NCCCCc2ccccc2)N1CC1CC1. The fourth-order valence-corrected chi connectivity index (χ4v) is 4.00. The molecule has 1 aromatic rings. The van der Waals surface area contributed by atoms with Gasteiger partial charge in [0.1, 0.15) is 0 Å². The summed E-state index contributed by atoms with van der Waals surface area (Å²) in [4.78, 5) is 14.8. The Morgan fingerprint density at radius 2 is 1.84 bits per heavy atom. The molecule has 3 rings (SSSR count). The van der Waals surface area contributed by atoms with E-state index < -0.39 is 0 Å². The topological polar surface area (TPSA) is 58.4 Å². The molecule has 1 saturated heterocycles. The standard InChI is InChI=1S/C21H33N3O/c22-15-20-12-11-19(24(20)16-18-9-10-18)14-21(25)23-13-5-4-8-17-6-2-1-3-7-17/h1-3,6-7,18-20H,4-5,8-16,22H2,(H,23,25)/t19-,20+/m0/s1. The van der Waals surface area contributed by atoms with Crippen LogP contribution >= 0.6 is 0 Å². The molecule has 2 aliphatic rings. The molecule has 2 atom stereocenters. The van der Waals surface area contributed by atoms with Crippen molar-refractivity contribution in [2.75, 3.05) is 19.6 Å². The molecule has 0 unspecified atom stereocenters. The van der Waals surface area contributed by atoms with Crippen molar-refractivity contribution >= 4 is 5.91 Å². The van der Waals surface area contributed by atoms with Crippen LogP contribution in [-0.2, 0) is 11.2 Å². The Hall–Kier alpha value is -1.39. The van der Waals surface area contributed by atoms with Crippen LogP contribution in [0.5, 0.6) is 0 Å². The van der Waals surface area contributed by atoms with E-state index in [0.717, 1.165) is 57.7 Å². The van der Waals surface area contributed by atoms with E-state index in [4.69, 9.17) is 5.73 Å². The van der Waals surface area contributed by atoms with E-state index in [-0.39, 0.29) is 5.91 Å². The fraction of sp³-hybridized carbons (Fsp3) is 0.667. The van der Waals surface area contributed by atoms with Crippen LogP contribution in [0.25, 0.3) is 0 Å². The Kier molecular flexibility index (Phi) is 6.88. The molecule has 25 heavy (non-hydrogen) atoms. The maximum absolute atomic E-state index is 12.3. The Balaban J connectivity index is 1.32. The molecular formula is C21H33N3O. The van der Waals surface area contributed by atoms with Crippen molar-refractivity contribution in [1.29, 1.82) is 0 Å². The van der Waals surface area contributed by atoms with Gasteiger partial charge in [-0.05, 0) is 56.4 Å². The Morgan fingerprint density at radius 3 is 2.56 bits per heavy atom. The Bertz CT molecular complexity index is 529. The summed E-state index contributed by atoms with van der Waals surface area (Å²) in [5.74, 6) is 1.07. The van der Waals surface area contributed by atoms with E-state index in [2.05, 4.69) is 40.5 Å². The predicted octanol–water partition coefficient (Wildman–Crippen LogP) is 2.72. The number of nitrogens with two attached hydrogens (primary N) is 1. The second-order valence-corrected chi connectivity index (χ2v) is 7.76. The van der Waals surface area contributed by atoms with E-state index >= 15 is 0 Å². The van der Waals surface area contributed by atoms with Gasteiger partial charge in [-0.2, -0.15) is 0 Å². The molecule has 4 heteroatoms. The van der Waals surface area contributed by atoms with Crippen LogP contribution in [0.2, 0.25) is 0 Å². The van der Waals surface area contributed by atoms with E-state index in [1.165, 1.54) is 18.4 Å². The number of unbranched alkanes of at least 4 members (excludes halogenated alkanes) is 1. The highest BCUT2D eigenvalue weighted by molar-refractivity contribution is 5.76. The molecule has 1 aromatic carbocycles. The fourth-order valence-electron chi connectivity index (χ4n) is 4.00. The third-order valence-electron chi connectivity index (χ3n) is 5.69. The second-order valence-electron chi connectivity index (χ2n) is 7.76. The molecule has 4 nitrogen and oxygen atoms in total. The van der Waals surface area contributed by atoms with Gasteiger partial charge in [0.05, 0.1) is 0 Å². The summed E-state index contributed by atoms with van der Waals surface area (Å²) in [5.41, 5.74) is 7.31. The lowest BCUT2D eigenvalue weighted by Gasteiger charge is -2.29. The van der Waals surface area contributed by atoms with Gasteiger partial charge in [-0.25, -0.2) is 0 Å². The summed E-state index contributed by atoms with van der Waals surface area (Å²) in [6, 6.07) is 11.4. The highest BCUT2D eigenvalue weighted by Gasteiger charge is 2.37. The van der Waals surface area contributed by atoms with Gasteiger partial charge in [-0.15, -0.1) is 0 Å². The van der Waals surface area contributed by atoms with Gasteiger partial charge in [0.2, 0.25) is 5.91 Å². The number of hydrogen-bond donors (Lipinski definition) is 2. The summed E-state index contributed by atoms with van der Waals surface area (Å²) in [6.07, 6.45) is 8.88. The van der Waals surface area contributed by atoms with Crippen LogP contribution < -0.4 is 11.1 Å². The molecule has 2 fully saturated rings. The Morgan fingerprint density at radius 1 is 1.08 bits per heavy atom. The minimum Gasteiger partial charge on any atom is -0.356 e.